The third-order valence-electron chi connectivity index (χ3n) is 2.66. The third-order valence-corrected chi connectivity index (χ3v) is 4.37. The van der Waals surface area contributed by atoms with E-state index < -0.39 is 8.07 Å². The second kappa shape index (κ2) is 7.38. The normalized spacial score (nSPS) is 14.6. The molecule has 0 aliphatic rings. The molecule has 0 aromatic rings. The van der Waals surface area contributed by atoms with E-state index in [0.717, 1.165) is 13.0 Å². The van der Waals surface area contributed by atoms with Crippen LogP contribution >= 0.6 is 0 Å². The summed E-state index contributed by atoms with van der Waals surface area (Å²) in [5, 5.41) is 2.12. The number of hydrogen-bond acceptors (Lipinski definition) is 3. The first-order valence-corrected chi connectivity index (χ1v) is 9.61. The van der Waals surface area contributed by atoms with E-state index in [1.807, 2.05) is 0 Å². The molecule has 1 unspecified atom stereocenters. The summed E-state index contributed by atoms with van der Waals surface area (Å²) in [6, 6.07) is 1.80. The Kier molecular flexibility index (Phi) is 7.43. The lowest BCUT2D eigenvalue weighted by atomic mass is 10.3. The van der Waals surface area contributed by atoms with Crippen LogP contribution in [-0.2, 0) is 4.74 Å². The van der Waals surface area contributed by atoms with E-state index in [9.17, 15) is 0 Å². The first kappa shape index (κ1) is 15.1. The fourth-order valence-corrected chi connectivity index (χ4v) is 1.78. The van der Waals surface area contributed by atoms with Crippen LogP contribution in [0.5, 0.6) is 0 Å². The molecule has 0 aromatic heterocycles. The first-order valence-electron chi connectivity index (χ1n) is 5.91. The van der Waals surface area contributed by atoms with E-state index in [0.29, 0.717) is 12.8 Å². The molecule has 92 valence electrons. The Morgan fingerprint density at radius 1 is 1.33 bits per heavy atom. The van der Waals surface area contributed by atoms with Gasteiger partial charge in [0.15, 0.2) is 0 Å². The molecule has 0 heterocycles. The van der Waals surface area contributed by atoms with Crippen LogP contribution in [0.15, 0.2) is 0 Å². The van der Waals surface area contributed by atoms with Gasteiger partial charge in [0.25, 0.3) is 0 Å². The number of nitrogens with one attached hydrogen (secondary N) is 1. The SMILES string of the molecule is CCC(C)N(C)NCOCC[Si](C)(C)C. The summed E-state index contributed by atoms with van der Waals surface area (Å²) >= 11 is 0. The molecule has 0 aromatic carbocycles. The number of hydrazine groups is 1. The third kappa shape index (κ3) is 9.05. The summed E-state index contributed by atoms with van der Waals surface area (Å²) in [6.45, 7) is 13.0. The molecule has 1 N–H and O–H groups in total. The summed E-state index contributed by atoms with van der Waals surface area (Å²) in [4.78, 5) is 0. The van der Waals surface area contributed by atoms with Crippen molar-refractivity contribution in [2.45, 2.75) is 52.0 Å². The summed E-state index contributed by atoms with van der Waals surface area (Å²) < 4.78 is 5.56. The Bertz CT molecular complexity index is 159. The predicted molar refractivity (Wildman–Crippen MR) is 69.6 cm³/mol. The molecule has 1 atom stereocenters. The molecule has 3 nitrogen and oxygen atoms in total. The van der Waals surface area contributed by atoms with E-state index in [-0.39, 0.29) is 0 Å². The van der Waals surface area contributed by atoms with Crippen molar-refractivity contribution >= 4 is 8.07 Å². The smallest absolute Gasteiger partial charge is 0.109 e. The molecule has 15 heavy (non-hydrogen) atoms. The zero-order chi connectivity index (χ0) is 11.9. The minimum absolute atomic E-state index is 0.561. The molecule has 0 rings (SSSR count). The standard InChI is InChI=1S/C11H28N2OSi/c1-7-11(2)13(3)12-10-14-8-9-15(4,5)6/h11-12H,7-10H2,1-6H3. The molecule has 0 spiro atoms. The number of nitrogens with zero attached hydrogens (tertiary/aromatic N) is 1. The van der Waals surface area contributed by atoms with E-state index in [4.69, 9.17) is 4.74 Å². The Labute approximate surface area is 96.2 Å². The lowest BCUT2D eigenvalue weighted by Gasteiger charge is -2.24. The molecule has 0 aliphatic carbocycles. The summed E-state index contributed by atoms with van der Waals surface area (Å²) in [7, 11) is 1.14. The molecule has 4 heteroatoms. The molecule has 0 amide bonds. The maximum atomic E-state index is 5.56. The molecule has 0 aliphatic heterocycles. The topological polar surface area (TPSA) is 24.5 Å². The molecule has 0 fully saturated rings. The van der Waals surface area contributed by atoms with Crippen LogP contribution in [0.1, 0.15) is 20.3 Å². The highest BCUT2D eigenvalue weighted by molar-refractivity contribution is 6.76. The van der Waals surface area contributed by atoms with Crippen LogP contribution in [0, 0.1) is 0 Å². The monoisotopic (exact) mass is 232 g/mol. The van der Waals surface area contributed by atoms with Crippen molar-refractivity contribution in [3.05, 3.63) is 0 Å². The Morgan fingerprint density at radius 3 is 2.40 bits per heavy atom. The van der Waals surface area contributed by atoms with E-state index in [1.165, 1.54) is 6.04 Å². The van der Waals surface area contributed by atoms with Gasteiger partial charge < -0.3 is 4.74 Å². The van der Waals surface area contributed by atoms with Gasteiger partial charge in [0.05, 0.1) is 0 Å². The minimum atomic E-state index is -0.929. The summed E-state index contributed by atoms with van der Waals surface area (Å²) in [5.41, 5.74) is 3.25. The second-order valence-electron chi connectivity index (χ2n) is 5.39. The number of hydrogen-bond donors (Lipinski definition) is 1. The van der Waals surface area contributed by atoms with Crippen molar-refractivity contribution in [2.24, 2.45) is 0 Å². The largest absolute Gasteiger partial charge is 0.365 e. The van der Waals surface area contributed by atoms with Crippen LogP contribution in [0.3, 0.4) is 0 Å². The van der Waals surface area contributed by atoms with Gasteiger partial charge in [0.1, 0.15) is 6.73 Å². The molecule has 0 radical (unpaired) electrons. The van der Waals surface area contributed by atoms with Gasteiger partial charge >= 0.3 is 0 Å². The first-order chi connectivity index (χ1) is 6.87. The van der Waals surface area contributed by atoms with Crippen molar-refractivity contribution in [1.29, 1.82) is 0 Å². The highest BCUT2D eigenvalue weighted by Gasteiger charge is 2.12. The van der Waals surface area contributed by atoms with E-state index in [2.05, 4.69) is 51.0 Å². The number of rotatable bonds is 8. The molecular formula is C11H28N2OSi. The van der Waals surface area contributed by atoms with Gasteiger partial charge in [-0.25, -0.2) is 10.4 Å². The Hall–Kier alpha value is 0.0969. The maximum absolute atomic E-state index is 5.56. The average Bonchev–Trinajstić information content (AvgIpc) is 2.14. The predicted octanol–water partition coefficient (Wildman–Crippen LogP) is 2.53. The zero-order valence-electron chi connectivity index (χ0n) is 11.3. The maximum Gasteiger partial charge on any atom is 0.109 e. The van der Waals surface area contributed by atoms with Gasteiger partial charge in [-0.15, -0.1) is 0 Å². The van der Waals surface area contributed by atoms with Gasteiger partial charge in [0, 0.05) is 27.8 Å². The van der Waals surface area contributed by atoms with Crippen LogP contribution in [0.25, 0.3) is 0 Å². The molecule has 0 saturated carbocycles. The molecular weight excluding hydrogens is 204 g/mol. The fraction of sp³-hybridized carbons (Fsp3) is 1.00. The van der Waals surface area contributed by atoms with Crippen molar-refractivity contribution in [2.75, 3.05) is 20.4 Å². The minimum Gasteiger partial charge on any atom is -0.365 e. The fourth-order valence-electron chi connectivity index (χ4n) is 1.03. The summed E-state index contributed by atoms with van der Waals surface area (Å²) in [6.07, 6.45) is 1.15. The Morgan fingerprint density at radius 2 is 1.93 bits per heavy atom. The molecule has 0 bridgehead atoms. The van der Waals surface area contributed by atoms with Gasteiger partial charge in [0.2, 0.25) is 0 Å². The lowest BCUT2D eigenvalue weighted by molar-refractivity contribution is 0.0494. The Balaban J connectivity index is 3.39. The second-order valence-corrected chi connectivity index (χ2v) is 11.0. The van der Waals surface area contributed by atoms with Gasteiger partial charge in [-0.05, 0) is 19.4 Å². The quantitative estimate of drug-likeness (QED) is 0.301. The van der Waals surface area contributed by atoms with Crippen molar-refractivity contribution in [1.82, 2.24) is 10.4 Å². The molecule has 0 saturated heterocycles. The van der Waals surface area contributed by atoms with E-state index in [1.54, 1.807) is 0 Å². The van der Waals surface area contributed by atoms with Gasteiger partial charge in [-0.3, -0.25) is 0 Å². The van der Waals surface area contributed by atoms with Crippen molar-refractivity contribution in [3.63, 3.8) is 0 Å². The van der Waals surface area contributed by atoms with Crippen LogP contribution < -0.4 is 5.43 Å². The summed E-state index contributed by atoms with van der Waals surface area (Å²) in [5.74, 6) is 0. The van der Waals surface area contributed by atoms with Crippen LogP contribution in [0.4, 0.5) is 0 Å². The number of ether oxygens (including phenoxy) is 1. The van der Waals surface area contributed by atoms with Crippen molar-refractivity contribution in [3.8, 4) is 0 Å². The van der Waals surface area contributed by atoms with Crippen molar-refractivity contribution < 1.29 is 4.74 Å². The highest BCUT2D eigenvalue weighted by Crippen LogP contribution is 2.07. The van der Waals surface area contributed by atoms with Crippen LogP contribution in [-0.4, -0.2) is 39.5 Å². The van der Waals surface area contributed by atoms with Gasteiger partial charge in [-0.1, -0.05) is 26.6 Å². The van der Waals surface area contributed by atoms with Crippen LogP contribution in [0.2, 0.25) is 25.7 Å². The van der Waals surface area contributed by atoms with E-state index >= 15 is 0 Å². The zero-order valence-corrected chi connectivity index (χ0v) is 12.3. The van der Waals surface area contributed by atoms with Gasteiger partial charge in [-0.2, -0.15) is 0 Å². The lowest BCUT2D eigenvalue weighted by Crippen LogP contribution is -2.42. The average molecular weight is 232 g/mol. The highest BCUT2D eigenvalue weighted by atomic mass is 28.3.